The number of nitrogens with one attached hydrogen (secondary N) is 2. The van der Waals surface area contributed by atoms with Crippen molar-refractivity contribution in [1.29, 1.82) is 0 Å². The number of urea groups is 1. The van der Waals surface area contributed by atoms with Crippen molar-refractivity contribution < 1.29 is 27.1 Å². The zero-order valence-corrected chi connectivity index (χ0v) is 13.3. The SMILES string of the molecule is COc1ccc(CCNC(=O)Nc2cc(C(F)(F)F)ccc2F)cc1. The molecule has 2 aromatic carbocycles. The maximum Gasteiger partial charge on any atom is 0.416 e. The summed E-state index contributed by atoms with van der Waals surface area (Å²) in [5.74, 6) is -0.243. The second-order valence-corrected chi connectivity index (χ2v) is 5.17. The van der Waals surface area contributed by atoms with Gasteiger partial charge in [-0.1, -0.05) is 12.1 Å². The predicted molar refractivity (Wildman–Crippen MR) is 85.1 cm³/mol. The van der Waals surface area contributed by atoms with Crippen molar-refractivity contribution in [2.24, 2.45) is 0 Å². The van der Waals surface area contributed by atoms with E-state index >= 15 is 0 Å². The van der Waals surface area contributed by atoms with Gasteiger partial charge in [0.1, 0.15) is 11.6 Å². The Morgan fingerprint density at radius 3 is 2.40 bits per heavy atom. The molecule has 0 aromatic heterocycles. The lowest BCUT2D eigenvalue weighted by Gasteiger charge is -2.12. The third-order valence-electron chi connectivity index (χ3n) is 3.40. The summed E-state index contributed by atoms with van der Waals surface area (Å²) in [5, 5.41) is 4.55. The summed E-state index contributed by atoms with van der Waals surface area (Å²) < 4.78 is 56.4. The van der Waals surface area contributed by atoms with Gasteiger partial charge in [-0.15, -0.1) is 0 Å². The molecule has 0 atom stereocenters. The van der Waals surface area contributed by atoms with Crippen LogP contribution in [0.1, 0.15) is 11.1 Å². The standard InChI is InChI=1S/C17H16F4N2O2/c1-25-13-5-2-11(3-6-13)8-9-22-16(24)23-15-10-12(17(19,20)21)4-7-14(15)18/h2-7,10H,8-9H2,1H3,(H2,22,23,24). The van der Waals surface area contributed by atoms with Gasteiger partial charge in [-0.3, -0.25) is 0 Å². The van der Waals surface area contributed by atoms with Crippen LogP contribution in [-0.2, 0) is 12.6 Å². The molecule has 0 spiro atoms. The maximum absolute atomic E-state index is 13.6. The molecule has 2 aromatic rings. The molecule has 2 rings (SSSR count). The minimum Gasteiger partial charge on any atom is -0.497 e. The molecule has 0 aliphatic heterocycles. The van der Waals surface area contributed by atoms with Crippen molar-refractivity contribution in [2.45, 2.75) is 12.6 Å². The highest BCUT2D eigenvalue weighted by molar-refractivity contribution is 5.89. The zero-order valence-electron chi connectivity index (χ0n) is 13.3. The summed E-state index contributed by atoms with van der Waals surface area (Å²) in [4.78, 5) is 11.7. The summed E-state index contributed by atoms with van der Waals surface area (Å²) in [6.45, 7) is 0.235. The van der Waals surface area contributed by atoms with Crippen LogP contribution >= 0.6 is 0 Å². The van der Waals surface area contributed by atoms with Crippen LogP contribution in [0.5, 0.6) is 5.75 Å². The summed E-state index contributed by atoms with van der Waals surface area (Å²) in [7, 11) is 1.55. The van der Waals surface area contributed by atoms with E-state index in [4.69, 9.17) is 4.74 Å². The molecule has 0 heterocycles. The molecule has 0 aliphatic rings. The number of hydrogen-bond acceptors (Lipinski definition) is 2. The lowest BCUT2D eigenvalue weighted by molar-refractivity contribution is -0.137. The lowest BCUT2D eigenvalue weighted by Crippen LogP contribution is -2.30. The summed E-state index contributed by atoms with van der Waals surface area (Å²) in [6, 6.07) is 8.24. The highest BCUT2D eigenvalue weighted by Crippen LogP contribution is 2.31. The Morgan fingerprint density at radius 2 is 1.80 bits per heavy atom. The number of rotatable bonds is 5. The van der Waals surface area contributed by atoms with Gasteiger partial charge in [0.05, 0.1) is 18.4 Å². The van der Waals surface area contributed by atoms with E-state index in [0.29, 0.717) is 30.4 Å². The Bertz CT molecular complexity index is 730. The minimum atomic E-state index is -4.62. The number of alkyl halides is 3. The molecule has 0 bridgehead atoms. The topological polar surface area (TPSA) is 50.4 Å². The van der Waals surface area contributed by atoms with E-state index in [1.165, 1.54) is 0 Å². The minimum absolute atomic E-state index is 0.235. The fraction of sp³-hybridized carbons (Fsp3) is 0.235. The number of carbonyl (C=O) groups excluding carboxylic acids is 1. The molecular weight excluding hydrogens is 340 g/mol. The molecule has 25 heavy (non-hydrogen) atoms. The van der Waals surface area contributed by atoms with Crippen LogP contribution in [-0.4, -0.2) is 19.7 Å². The van der Waals surface area contributed by atoms with Crippen molar-refractivity contribution in [2.75, 3.05) is 19.0 Å². The second kappa shape index (κ2) is 7.87. The van der Waals surface area contributed by atoms with E-state index in [9.17, 15) is 22.4 Å². The molecule has 4 nitrogen and oxygen atoms in total. The Morgan fingerprint density at radius 1 is 1.12 bits per heavy atom. The molecule has 8 heteroatoms. The van der Waals surface area contributed by atoms with Crippen molar-refractivity contribution >= 4 is 11.7 Å². The molecular formula is C17H16F4N2O2. The number of halogens is 4. The van der Waals surface area contributed by atoms with Gasteiger partial charge in [0.25, 0.3) is 0 Å². The van der Waals surface area contributed by atoms with E-state index in [0.717, 1.165) is 5.56 Å². The monoisotopic (exact) mass is 356 g/mol. The first kappa shape index (κ1) is 18.6. The molecule has 0 radical (unpaired) electrons. The number of amides is 2. The van der Waals surface area contributed by atoms with Crippen LogP contribution in [0.4, 0.5) is 28.0 Å². The third kappa shape index (κ3) is 5.37. The van der Waals surface area contributed by atoms with Gasteiger partial charge in [0.2, 0.25) is 0 Å². The fourth-order valence-electron chi connectivity index (χ4n) is 2.08. The largest absolute Gasteiger partial charge is 0.497 e. The third-order valence-corrected chi connectivity index (χ3v) is 3.40. The van der Waals surface area contributed by atoms with E-state index < -0.39 is 29.3 Å². The molecule has 0 saturated heterocycles. The smallest absolute Gasteiger partial charge is 0.416 e. The molecule has 0 aliphatic carbocycles. The van der Waals surface area contributed by atoms with E-state index in [1.54, 1.807) is 19.2 Å². The number of ether oxygens (including phenoxy) is 1. The lowest BCUT2D eigenvalue weighted by atomic mass is 10.1. The van der Waals surface area contributed by atoms with Crippen molar-refractivity contribution in [3.63, 3.8) is 0 Å². The van der Waals surface area contributed by atoms with Crippen LogP contribution in [0.3, 0.4) is 0 Å². The predicted octanol–water partition coefficient (Wildman–Crippen LogP) is 4.22. The highest BCUT2D eigenvalue weighted by atomic mass is 19.4. The number of methoxy groups -OCH3 is 1. The number of hydrogen-bond donors (Lipinski definition) is 2. The van der Waals surface area contributed by atoms with Gasteiger partial charge in [0.15, 0.2) is 0 Å². The Kier molecular flexibility index (Phi) is 5.84. The second-order valence-electron chi connectivity index (χ2n) is 5.17. The van der Waals surface area contributed by atoms with Gasteiger partial charge in [-0.2, -0.15) is 13.2 Å². The number of anilines is 1. The molecule has 0 saturated carbocycles. The maximum atomic E-state index is 13.6. The normalized spacial score (nSPS) is 11.1. The summed E-state index contributed by atoms with van der Waals surface area (Å²) in [5.41, 5.74) is -0.634. The molecule has 2 amide bonds. The first-order chi connectivity index (χ1) is 11.8. The van der Waals surface area contributed by atoms with Crippen LogP contribution in [0.25, 0.3) is 0 Å². The summed E-state index contributed by atoms with van der Waals surface area (Å²) in [6.07, 6.45) is -4.11. The first-order valence-corrected chi connectivity index (χ1v) is 7.34. The Hall–Kier alpha value is -2.77. The zero-order chi connectivity index (χ0) is 18.4. The molecule has 0 fully saturated rings. The molecule has 2 N–H and O–H groups in total. The first-order valence-electron chi connectivity index (χ1n) is 7.34. The quantitative estimate of drug-likeness (QED) is 0.788. The van der Waals surface area contributed by atoms with Crippen LogP contribution in [0.2, 0.25) is 0 Å². The van der Waals surface area contributed by atoms with E-state index in [1.807, 2.05) is 12.1 Å². The Labute approximate surface area is 141 Å². The van der Waals surface area contributed by atoms with Gasteiger partial charge in [-0.05, 0) is 42.3 Å². The molecule has 134 valence electrons. The number of benzene rings is 2. The number of carbonyl (C=O) groups is 1. The average molecular weight is 356 g/mol. The Balaban J connectivity index is 1.89. The average Bonchev–Trinajstić information content (AvgIpc) is 2.56. The van der Waals surface area contributed by atoms with Gasteiger partial charge < -0.3 is 15.4 Å². The molecule has 0 unspecified atom stereocenters. The van der Waals surface area contributed by atoms with Crippen molar-refractivity contribution in [3.8, 4) is 5.75 Å². The highest BCUT2D eigenvalue weighted by Gasteiger charge is 2.31. The van der Waals surface area contributed by atoms with Gasteiger partial charge >= 0.3 is 12.2 Å². The van der Waals surface area contributed by atoms with Crippen LogP contribution in [0.15, 0.2) is 42.5 Å². The fourth-order valence-corrected chi connectivity index (χ4v) is 2.08. The summed E-state index contributed by atoms with van der Waals surface area (Å²) >= 11 is 0. The van der Waals surface area contributed by atoms with Crippen LogP contribution in [0, 0.1) is 5.82 Å². The van der Waals surface area contributed by atoms with E-state index in [-0.39, 0.29) is 6.54 Å². The van der Waals surface area contributed by atoms with Crippen LogP contribution < -0.4 is 15.4 Å². The van der Waals surface area contributed by atoms with E-state index in [2.05, 4.69) is 10.6 Å². The van der Waals surface area contributed by atoms with Gasteiger partial charge in [0, 0.05) is 6.54 Å². The van der Waals surface area contributed by atoms with Crippen molar-refractivity contribution in [3.05, 3.63) is 59.4 Å². The van der Waals surface area contributed by atoms with Crippen molar-refractivity contribution in [1.82, 2.24) is 5.32 Å². The van der Waals surface area contributed by atoms with Gasteiger partial charge in [-0.25, -0.2) is 9.18 Å².